The molecule has 3 rings (SSSR count). The average molecular weight is 252 g/mol. The second kappa shape index (κ2) is 5.57. The fraction of sp³-hybridized carbons (Fsp3) is 0.929. The number of rotatable bonds is 2. The summed E-state index contributed by atoms with van der Waals surface area (Å²) < 4.78 is 5.49. The third kappa shape index (κ3) is 2.54. The summed E-state index contributed by atoms with van der Waals surface area (Å²) in [6.07, 6.45) is 6.80. The van der Waals surface area contributed by atoms with Gasteiger partial charge >= 0.3 is 0 Å². The molecule has 1 amide bonds. The predicted molar refractivity (Wildman–Crippen MR) is 69.3 cm³/mol. The normalized spacial score (nSPS) is 34.1. The summed E-state index contributed by atoms with van der Waals surface area (Å²) in [4.78, 5) is 14.2. The largest absolute Gasteiger partial charge is 0.368 e. The summed E-state index contributed by atoms with van der Waals surface area (Å²) in [6.45, 7) is 3.81. The van der Waals surface area contributed by atoms with Crippen LogP contribution in [0, 0.1) is 5.92 Å². The summed E-state index contributed by atoms with van der Waals surface area (Å²) in [5, 5.41) is 3.60. The van der Waals surface area contributed by atoms with Crippen LogP contribution < -0.4 is 5.32 Å². The first-order chi connectivity index (χ1) is 8.84. The first-order valence-electron chi connectivity index (χ1n) is 7.48. The van der Waals surface area contributed by atoms with Crippen LogP contribution in [0.1, 0.15) is 38.5 Å². The fourth-order valence-corrected chi connectivity index (χ4v) is 3.61. The van der Waals surface area contributed by atoms with E-state index in [0.29, 0.717) is 6.04 Å². The molecule has 0 aromatic rings. The molecule has 0 aromatic heterocycles. The van der Waals surface area contributed by atoms with Crippen molar-refractivity contribution in [3.05, 3.63) is 0 Å². The number of likely N-dealkylation sites (tertiary alicyclic amines) is 1. The Bertz CT molecular complexity index is 288. The molecule has 0 saturated carbocycles. The van der Waals surface area contributed by atoms with Crippen molar-refractivity contribution in [1.82, 2.24) is 10.2 Å². The van der Waals surface area contributed by atoms with Crippen LogP contribution in [-0.2, 0) is 9.53 Å². The van der Waals surface area contributed by atoms with Gasteiger partial charge in [-0.1, -0.05) is 0 Å². The van der Waals surface area contributed by atoms with Gasteiger partial charge in [0, 0.05) is 25.7 Å². The third-order valence-corrected chi connectivity index (χ3v) is 4.72. The number of nitrogens with zero attached hydrogens (tertiary/aromatic N) is 1. The lowest BCUT2D eigenvalue weighted by Crippen LogP contribution is -2.46. The van der Waals surface area contributed by atoms with Crippen molar-refractivity contribution in [3.8, 4) is 0 Å². The van der Waals surface area contributed by atoms with Crippen molar-refractivity contribution in [1.29, 1.82) is 0 Å². The minimum absolute atomic E-state index is 0.133. The first kappa shape index (κ1) is 12.4. The van der Waals surface area contributed by atoms with Gasteiger partial charge in [-0.15, -0.1) is 0 Å². The third-order valence-electron chi connectivity index (χ3n) is 4.72. The van der Waals surface area contributed by atoms with E-state index in [0.717, 1.165) is 51.3 Å². The molecule has 0 radical (unpaired) electrons. The van der Waals surface area contributed by atoms with Crippen molar-refractivity contribution in [2.24, 2.45) is 5.92 Å². The van der Waals surface area contributed by atoms with E-state index in [1.54, 1.807) is 0 Å². The van der Waals surface area contributed by atoms with Gasteiger partial charge in [0.25, 0.3) is 5.91 Å². The Morgan fingerprint density at radius 3 is 2.56 bits per heavy atom. The van der Waals surface area contributed by atoms with Crippen molar-refractivity contribution >= 4 is 5.91 Å². The maximum Gasteiger partial charge on any atom is 0.251 e. The summed E-state index contributed by atoms with van der Waals surface area (Å²) in [7, 11) is 0. The molecule has 1 N–H and O–H groups in total. The minimum Gasteiger partial charge on any atom is -0.368 e. The van der Waals surface area contributed by atoms with Gasteiger partial charge in [0.15, 0.2) is 0 Å². The van der Waals surface area contributed by atoms with E-state index in [9.17, 15) is 4.79 Å². The predicted octanol–water partition coefficient (Wildman–Crippen LogP) is 1.16. The number of carbonyl (C=O) groups excluding carboxylic acids is 1. The van der Waals surface area contributed by atoms with E-state index in [1.165, 1.54) is 19.4 Å². The molecule has 2 unspecified atom stereocenters. The van der Waals surface area contributed by atoms with Crippen LogP contribution >= 0.6 is 0 Å². The molecular weight excluding hydrogens is 228 g/mol. The van der Waals surface area contributed by atoms with Gasteiger partial charge < -0.3 is 15.0 Å². The zero-order valence-corrected chi connectivity index (χ0v) is 11.1. The standard InChI is InChI=1S/C14H24N2O2/c17-14(13-4-2-10-18-13)16-8-5-11(6-9-16)12-3-1-7-15-12/h11-13,15H,1-10H2. The van der Waals surface area contributed by atoms with Gasteiger partial charge in [-0.3, -0.25) is 4.79 Å². The van der Waals surface area contributed by atoms with Crippen molar-refractivity contribution < 1.29 is 9.53 Å². The van der Waals surface area contributed by atoms with E-state index < -0.39 is 0 Å². The van der Waals surface area contributed by atoms with Gasteiger partial charge in [0.05, 0.1) is 0 Å². The van der Waals surface area contributed by atoms with E-state index in [2.05, 4.69) is 5.32 Å². The van der Waals surface area contributed by atoms with Crippen LogP contribution in [0.4, 0.5) is 0 Å². The molecule has 0 bridgehead atoms. The van der Waals surface area contributed by atoms with Crippen LogP contribution in [0.5, 0.6) is 0 Å². The molecule has 3 aliphatic rings. The summed E-state index contributed by atoms with van der Waals surface area (Å²) in [5.74, 6) is 1.02. The zero-order valence-electron chi connectivity index (χ0n) is 11.1. The van der Waals surface area contributed by atoms with E-state index in [4.69, 9.17) is 4.74 Å². The lowest BCUT2D eigenvalue weighted by molar-refractivity contribution is -0.142. The Balaban J connectivity index is 1.48. The second-order valence-corrected chi connectivity index (χ2v) is 5.87. The highest BCUT2D eigenvalue weighted by atomic mass is 16.5. The van der Waals surface area contributed by atoms with Crippen molar-refractivity contribution in [3.63, 3.8) is 0 Å². The molecule has 4 heteroatoms. The lowest BCUT2D eigenvalue weighted by atomic mass is 9.88. The Kier molecular flexibility index (Phi) is 3.85. The number of piperidine rings is 1. The Morgan fingerprint density at radius 2 is 1.94 bits per heavy atom. The smallest absolute Gasteiger partial charge is 0.251 e. The molecule has 3 aliphatic heterocycles. The highest BCUT2D eigenvalue weighted by Gasteiger charge is 2.33. The molecule has 0 aromatic carbocycles. The number of carbonyl (C=O) groups is 1. The molecule has 18 heavy (non-hydrogen) atoms. The number of nitrogens with one attached hydrogen (secondary N) is 1. The fourth-order valence-electron chi connectivity index (χ4n) is 3.61. The summed E-state index contributed by atoms with van der Waals surface area (Å²) >= 11 is 0. The van der Waals surface area contributed by atoms with Crippen LogP contribution in [-0.4, -0.2) is 49.2 Å². The number of hydrogen-bond acceptors (Lipinski definition) is 3. The SMILES string of the molecule is O=C(C1CCCO1)N1CCC(C2CCCN2)CC1. The molecule has 4 nitrogen and oxygen atoms in total. The average Bonchev–Trinajstić information content (AvgIpc) is 3.11. The second-order valence-electron chi connectivity index (χ2n) is 5.87. The van der Waals surface area contributed by atoms with Gasteiger partial charge in [-0.05, 0) is 51.0 Å². The summed E-state index contributed by atoms with van der Waals surface area (Å²) in [6, 6.07) is 0.713. The van der Waals surface area contributed by atoms with Gasteiger partial charge in [0.1, 0.15) is 6.10 Å². The maximum atomic E-state index is 12.2. The maximum absolute atomic E-state index is 12.2. The van der Waals surface area contributed by atoms with Gasteiger partial charge in [0.2, 0.25) is 0 Å². The molecule has 3 saturated heterocycles. The zero-order chi connectivity index (χ0) is 12.4. The van der Waals surface area contributed by atoms with Crippen LogP contribution in [0.3, 0.4) is 0 Å². The number of ether oxygens (including phenoxy) is 1. The van der Waals surface area contributed by atoms with E-state index in [-0.39, 0.29) is 12.0 Å². The minimum atomic E-state index is -0.133. The van der Waals surface area contributed by atoms with Gasteiger partial charge in [-0.25, -0.2) is 0 Å². The van der Waals surface area contributed by atoms with Crippen molar-refractivity contribution in [2.45, 2.75) is 50.7 Å². The van der Waals surface area contributed by atoms with E-state index >= 15 is 0 Å². The molecule has 2 atom stereocenters. The topological polar surface area (TPSA) is 41.6 Å². The molecule has 0 spiro atoms. The molecule has 102 valence electrons. The van der Waals surface area contributed by atoms with E-state index in [1.807, 2.05) is 4.90 Å². The van der Waals surface area contributed by atoms with Crippen LogP contribution in [0.2, 0.25) is 0 Å². The van der Waals surface area contributed by atoms with Gasteiger partial charge in [-0.2, -0.15) is 0 Å². The Morgan fingerprint density at radius 1 is 1.11 bits per heavy atom. The molecule has 0 aliphatic carbocycles. The highest BCUT2D eigenvalue weighted by Crippen LogP contribution is 2.26. The first-order valence-corrected chi connectivity index (χ1v) is 7.48. The highest BCUT2D eigenvalue weighted by molar-refractivity contribution is 5.81. The quantitative estimate of drug-likeness (QED) is 0.802. The monoisotopic (exact) mass is 252 g/mol. The van der Waals surface area contributed by atoms with Crippen LogP contribution in [0.15, 0.2) is 0 Å². The Hall–Kier alpha value is -0.610. The number of hydrogen-bond donors (Lipinski definition) is 1. The Labute approximate surface area is 109 Å². The molecular formula is C14H24N2O2. The van der Waals surface area contributed by atoms with Crippen LogP contribution in [0.25, 0.3) is 0 Å². The molecule has 3 fully saturated rings. The number of amides is 1. The lowest BCUT2D eigenvalue weighted by Gasteiger charge is -2.35. The molecule has 3 heterocycles. The summed E-state index contributed by atoms with van der Waals surface area (Å²) in [5.41, 5.74) is 0. The van der Waals surface area contributed by atoms with Crippen molar-refractivity contribution in [2.75, 3.05) is 26.2 Å².